The summed E-state index contributed by atoms with van der Waals surface area (Å²) in [4.78, 5) is 23.1. The van der Waals surface area contributed by atoms with Gasteiger partial charge in [-0.05, 0) is 39.5 Å². The smallest absolute Gasteiger partial charge is 0.309 e. The van der Waals surface area contributed by atoms with Crippen molar-refractivity contribution >= 4 is 11.9 Å². The van der Waals surface area contributed by atoms with E-state index in [0.717, 1.165) is 31.5 Å². The predicted octanol–water partition coefficient (Wildman–Crippen LogP) is 1.45. The Morgan fingerprint density at radius 3 is 2.90 bits per heavy atom. The van der Waals surface area contributed by atoms with Crippen molar-refractivity contribution in [3.8, 4) is 0 Å². The minimum absolute atomic E-state index is 0.158. The molecule has 0 unspecified atom stereocenters. The average molecular weight is 279 g/mol. The number of hydrogen-bond donors (Lipinski definition) is 2. The lowest BCUT2D eigenvalue weighted by molar-refractivity contribution is -0.147. The minimum atomic E-state index is -0.852. The van der Waals surface area contributed by atoms with Crippen molar-refractivity contribution in [2.24, 2.45) is 5.41 Å². The Hall–Kier alpha value is -1.85. The molecular weight excluding hydrogens is 258 g/mol. The average Bonchev–Trinajstić information content (AvgIpc) is 2.82. The summed E-state index contributed by atoms with van der Waals surface area (Å²) < 4.78 is 1.89. The maximum atomic E-state index is 12.1. The fourth-order valence-electron chi connectivity index (χ4n) is 2.30. The van der Waals surface area contributed by atoms with Crippen LogP contribution >= 0.6 is 0 Å². The van der Waals surface area contributed by atoms with Crippen LogP contribution in [0.3, 0.4) is 0 Å². The van der Waals surface area contributed by atoms with Gasteiger partial charge < -0.3 is 10.4 Å². The molecule has 0 fully saturated rings. The van der Waals surface area contributed by atoms with Gasteiger partial charge in [-0.2, -0.15) is 5.10 Å². The number of aryl methyl sites for hydroxylation is 1. The van der Waals surface area contributed by atoms with Gasteiger partial charge in [0.05, 0.1) is 22.9 Å². The van der Waals surface area contributed by atoms with Gasteiger partial charge in [0.2, 0.25) is 0 Å². The number of aromatic nitrogens is 2. The molecule has 0 spiro atoms. The largest absolute Gasteiger partial charge is 0.481 e. The number of amides is 1. The molecule has 1 amide bonds. The van der Waals surface area contributed by atoms with Crippen LogP contribution in [-0.4, -0.2) is 33.3 Å². The molecule has 0 saturated carbocycles. The summed E-state index contributed by atoms with van der Waals surface area (Å²) in [7, 11) is 0. The molecular formula is C14H21N3O3. The zero-order chi connectivity index (χ0) is 14.8. The minimum Gasteiger partial charge on any atom is -0.481 e. The molecule has 2 rings (SSSR count). The molecule has 1 aromatic heterocycles. The van der Waals surface area contributed by atoms with Gasteiger partial charge in [0.1, 0.15) is 0 Å². The highest BCUT2D eigenvalue weighted by atomic mass is 16.4. The first-order chi connectivity index (χ1) is 9.42. The van der Waals surface area contributed by atoms with E-state index in [-0.39, 0.29) is 5.91 Å². The first-order valence-corrected chi connectivity index (χ1v) is 6.98. The number of rotatable bonds is 5. The van der Waals surface area contributed by atoms with Crippen molar-refractivity contribution in [3.63, 3.8) is 0 Å². The topological polar surface area (TPSA) is 84.2 Å². The zero-order valence-electron chi connectivity index (χ0n) is 12.0. The van der Waals surface area contributed by atoms with Gasteiger partial charge in [0.25, 0.3) is 5.91 Å². The molecule has 0 aromatic carbocycles. The molecule has 1 aromatic rings. The number of carboxylic acids is 1. The van der Waals surface area contributed by atoms with Crippen LogP contribution < -0.4 is 5.32 Å². The summed E-state index contributed by atoms with van der Waals surface area (Å²) >= 11 is 0. The van der Waals surface area contributed by atoms with Crippen LogP contribution in [0, 0.1) is 5.41 Å². The van der Waals surface area contributed by atoms with Crippen molar-refractivity contribution in [2.75, 3.05) is 6.54 Å². The number of nitrogens with zero attached hydrogens (tertiary/aromatic N) is 2. The molecule has 0 saturated heterocycles. The highest BCUT2D eigenvalue weighted by Gasteiger charge is 2.27. The molecule has 0 radical (unpaired) electrons. The molecule has 2 heterocycles. The lowest BCUT2D eigenvalue weighted by Gasteiger charge is -2.19. The van der Waals surface area contributed by atoms with E-state index in [9.17, 15) is 9.59 Å². The van der Waals surface area contributed by atoms with Gasteiger partial charge in [-0.15, -0.1) is 0 Å². The number of fused-ring (bicyclic) bond motifs is 1. The summed E-state index contributed by atoms with van der Waals surface area (Å²) in [5.74, 6) is -1.01. The molecule has 0 aliphatic carbocycles. The van der Waals surface area contributed by atoms with Crippen molar-refractivity contribution in [1.29, 1.82) is 0 Å². The van der Waals surface area contributed by atoms with E-state index in [0.29, 0.717) is 18.5 Å². The second kappa shape index (κ2) is 5.64. The number of carbonyl (C=O) groups is 2. The monoisotopic (exact) mass is 279 g/mol. The fourth-order valence-corrected chi connectivity index (χ4v) is 2.30. The Morgan fingerprint density at radius 2 is 2.20 bits per heavy atom. The third-order valence-electron chi connectivity index (χ3n) is 3.84. The van der Waals surface area contributed by atoms with Crippen LogP contribution in [-0.2, 0) is 17.8 Å². The SMILES string of the molecule is CC(C)(CCNC(=O)c1cnn2c1CCCC2)C(=O)O. The molecule has 0 atom stereocenters. The van der Waals surface area contributed by atoms with Crippen LogP contribution in [0.15, 0.2) is 6.20 Å². The number of carbonyl (C=O) groups excluding carboxylic acids is 1. The molecule has 0 bridgehead atoms. The van der Waals surface area contributed by atoms with Crippen LogP contribution in [0.5, 0.6) is 0 Å². The lowest BCUT2D eigenvalue weighted by Crippen LogP contribution is -2.32. The van der Waals surface area contributed by atoms with Gasteiger partial charge in [-0.25, -0.2) is 0 Å². The molecule has 20 heavy (non-hydrogen) atoms. The van der Waals surface area contributed by atoms with Crippen LogP contribution in [0.25, 0.3) is 0 Å². The second-order valence-corrected chi connectivity index (χ2v) is 5.88. The molecule has 1 aliphatic rings. The van der Waals surface area contributed by atoms with Gasteiger partial charge in [-0.1, -0.05) is 0 Å². The van der Waals surface area contributed by atoms with Crippen molar-refractivity contribution in [3.05, 3.63) is 17.5 Å². The van der Waals surface area contributed by atoms with E-state index in [1.807, 2.05) is 4.68 Å². The van der Waals surface area contributed by atoms with Crippen LogP contribution in [0.2, 0.25) is 0 Å². The number of hydrogen-bond acceptors (Lipinski definition) is 3. The summed E-state index contributed by atoms with van der Waals surface area (Å²) in [6.07, 6.45) is 5.07. The quantitative estimate of drug-likeness (QED) is 0.854. The maximum absolute atomic E-state index is 12.1. The van der Waals surface area contributed by atoms with E-state index in [1.165, 1.54) is 0 Å². The summed E-state index contributed by atoms with van der Waals surface area (Å²) in [5.41, 5.74) is 0.787. The molecule has 6 nitrogen and oxygen atoms in total. The maximum Gasteiger partial charge on any atom is 0.309 e. The highest BCUT2D eigenvalue weighted by Crippen LogP contribution is 2.20. The molecule has 110 valence electrons. The second-order valence-electron chi connectivity index (χ2n) is 5.88. The molecule has 2 N–H and O–H groups in total. The van der Waals surface area contributed by atoms with Crippen LogP contribution in [0.1, 0.15) is 49.2 Å². The predicted molar refractivity (Wildman–Crippen MR) is 73.5 cm³/mol. The molecule has 1 aliphatic heterocycles. The number of carboxylic acid groups (broad SMARTS) is 1. The van der Waals surface area contributed by atoms with Gasteiger partial charge in [0, 0.05) is 13.1 Å². The Kier molecular flexibility index (Phi) is 4.11. The summed E-state index contributed by atoms with van der Waals surface area (Å²) in [6.45, 7) is 4.53. The van der Waals surface area contributed by atoms with Gasteiger partial charge in [-0.3, -0.25) is 14.3 Å². The zero-order valence-corrected chi connectivity index (χ0v) is 12.0. The van der Waals surface area contributed by atoms with E-state index < -0.39 is 11.4 Å². The Bertz CT molecular complexity index is 520. The highest BCUT2D eigenvalue weighted by molar-refractivity contribution is 5.95. The summed E-state index contributed by atoms with van der Waals surface area (Å²) in [5, 5.41) is 16.0. The van der Waals surface area contributed by atoms with E-state index in [2.05, 4.69) is 10.4 Å². The Morgan fingerprint density at radius 1 is 1.45 bits per heavy atom. The van der Waals surface area contributed by atoms with E-state index in [1.54, 1.807) is 20.0 Å². The fraction of sp³-hybridized carbons (Fsp3) is 0.643. The van der Waals surface area contributed by atoms with Crippen molar-refractivity contribution in [1.82, 2.24) is 15.1 Å². The van der Waals surface area contributed by atoms with Crippen LogP contribution in [0.4, 0.5) is 0 Å². The normalized spacial score (nSPS) is 14.7. The third kappa shape index (κ3) is 3.00. The van der Waals surface area contributed by atoms with Crippen molar-refractivity contribution in [2.45, 2.75) is 46.1 Å². The summed E-state index contributed by atoms with van der Waals surface area (Å²) in [6, 6.07) is 0. The first kappa shape index (κ1) is 14.6. The Labute approximate surface area is 118 Å². The number of nitrogens with one attached hydrogen (secondary N) is 1. The lowest BCUT2D eigenvalue weighted by atomic mass is 9.89. The van der Waals surface area contributed by atoms with E-state index in [4.69, 9.17) is 5.11 Å². The number of aliphatic carboxylic acids is 1. The third-order valence-corrected chi connectivity index (χ3v) is 3.84. The van der Waals surface area contributed by atoms with E-state index >= 15 is 0 Å². The standard InChI is InChI=1S/C14H21N3O3/c1-14(2,13(19)20)6-7-15-12(18)10-9-16-17-8-4-3-5-11(10)17/h9H,3-8H2,1-2H3,(H,15,18)(H,19,20). The van der Waals surface area contributed by atoms with Gasteiger partial charge >= 0.3 is 5.97 Å². The van der Waals surface area contributed by atoms with Crippen molar-refractivity contribution < 1.29 is 14.7 Å². The molecule has 6 heteroatoms. The first-order valence-electron chi connectivity index (χ1n) is 6.98. The Balaban J connectivity index is 1.93. The van der Waals surface area contributed by atoms with Gasteiger partial charge in [0.15, 0.2) is 0 Å².